The molecule has 1 saturated heterocycles. The molecular formula is C12H24N4O2. The normalized spacial score (nSPS) is 19.7. The van der Waals surface area contributed by atoms with Gasteiger partial charge in [-0.1, -0.05) is 13.8 Å². The van der Waals surface area contributed by atoms with Gasteiger partial charge in [-0.05, 0) is 26.1 Å². The Hall–Kier alpha value is -1.14. The number of carbonyl (C=O) groups is 2. The molecule has 0 spiro atoms. The Morgan fingerprint density at radius 3 is 2.72 bits per heavy atom. The van der Waals surface area contributed by atoms with Crippen LogP contribution in [-0.2, 0) is 9.59 Å². The third-order valence-corrected chi connectivity index (χ3v) is 3.17. The van der Waals surface area contributed by atoms with Gasteiger partial charge in [-0.25, -0.2) is 0 Å². The average Bonchev–Trinajstić information content (AvgIpc) is 2.39. The largest absolute Gasteiger partial charge is 0.355 e. The lowest BCUT2D eigenvalue weighted by Gasteiger charge is -2.23. The Bertz CT molecular complexity index is 269. The first kappa shape index (κ1) is 14.9. The van der Waals surface area contributed by atoms with Crippen LogP contribution in [0, 0.1) is 0 Å². The molecule has 0 aliphatic carbocycles. The molecule has 1 unspecified atom stereocenters. The minimum Gasteiger partial charge on any atom is -0.355 e. The van der Waals surface area contributed by atoms with E-state index in [9.17, 15) is 9.59 Å². The molecular weight excluding hydrogens is 232 g/mol. The van der Waals surface area contributed by atoms with Crippen molar-refractivity contribution in [2.75, 3.05) is 39.3 Å². The Balaban J connectivity index is 2.11. The first-order valence-corrected chi connectivity index (χ1v) is 6.67. The number of hydrogen-bond acceptors (Lipinski definition) is 4. The maximum Gasteiger partial charge on any atom is 0.238 e. The van der Waals surface area contributed by atoms with Crippen LogP contribution in [0.2, 0.25) is 0 Å². The molecule has 1 aliphatic rings. The van der Waals surface area contributed by atoms with Crippen molar-refractivity contribution in [1.29, 1.82) is 0 Å². The SMILES string of the molecule is CCN(CC)CCCNC(=O)C1CNC(=O)CN1. The molecule has 1 fully saturated rings. The van der Waals surface area contributed by atoms with Crippen LogP contribution < -0.4 is 16.0 Å². The van der Waals surface area contributed by atoms with Crippen LogP contribution >= 0.6 is 0 Å². The van der Waals surface area contributed by atoms with Crippen LogP contribution in [0.15, 0.2) is 0 Å². The van der Waals surface area contributed by atoms with Crippen molar-refractivity contribution >= 4 is 11.8 Å². The smallest absolute Gasteiger partial charge is 0.238 e. The third kappa shape index (κ3) is 5.01. The predicted molar refractivity (Wildman–Crippen MR) is 70.2 cm³/mol. The van der Waals surface area contributed by atoms with E-state index in [1.54, 1.807) is 0 Å². The number of carbonyl (C=O) groups excluding carboxylic acids is 2. The second-order valence-electron chi connectivity index (χ2n) is 4.41. The minimum atomic E-state index is -0.295. The number of amides is 2. The highest BCUT2D eigenvalue weighted by Crippen LogP contribution is 1.91. The topological polar surface area (TPSA) is 73.5 Å². The van der Waals surface area contributed by atoms with Crippen molar-refractivity contribution in [3.05, 3.63) is 0 Å². The predicted octanol–water partition coefficient (Wildman–Crippen LogP) is -1.08. The lowest BCUT2D eigenvalue weighted by atomic mass is 10.2. The average molecular weight is 256 g/mol. The number of piperazine rings is 1. The molecule has 2 amide bonds. The fourth-order valence-corrected chi connectivity index (χ4v) is 1.93. The van der Waals surface area contributed by atoms with Gasteiger partial charge in [0, 0.05) is 13.1 Å². The van der Waals surface area contributed by atoms with E-state index in [0.29, 0.717) is 13.1 Å². The third-order valence-electron chi connectivity index (χ3n) is 3.17. The molecule has 0 saturated carbocycles. The summed E-state index contributed by atoms with van der Waals surface area (Å²) >= 11 is 0. The maximum atomic E-state index is 11.8. The van der Waals surface area contributed by atoms with E-state index in [1.165, 1.54) is 0 Å². The quantitative estimate of drug-likeness (QED) is 0.507. The van der Waals surface area contributed by atoms with Crippen LogP contribution in [0.25, 0.3) is 0 Å². The highest BCUT2D eigenvalue weighted by Gasteiger charge is 2.22. The van der Waals surface area contributed by atoms with Gasteiger partial charge in [-0.15, -0.1) is 0 Å². The molecule has 18 heavy (non-hydrogen) atoms. The van der Waals surface area contributed by atoms with E-state index in [4.69, 9.17) is 0 Å². The Labute approximate surface area is 108 Å². The lowest BCUT2D eigenvalue weighted by molar-refractivity contribution is -0.126. The Morgan fingerprint density at radius 1 is 1.44 bits per heavy atom. The fourth-order valence-electron chi connectivity index (χ4n) is 1.93. The van der Waals surface area contributed by atoms with Crippen molar-refractivity contribution in [2.45, 2.75) is 26.3 Å². The van der Waals surface area contributed by atoms with Gasteiger partial charge < -0.3 is 15.5 Å². The van der Waals surface area contributed by atoms with Gasteiger partial charge in [-0.3, -0.25) is 14.9 Å². The van der Waals surface area contributed by atoms with Gasteiger partial charge in [0.2, 0.25) is 11.8 Å². The number of rotatable bonds is 7. The summed E-state index contributed by atoms with van der Waals surface area (Å²) < 4.78 is 0. The van der Waals surface area contributed by atoms with Crippen LogP contribution in [0.5, 0.6) is 0 Å². The number of nitrogens with one attached hydrogen (secondary N) is 3. The van der Waals surface area contributed by atoms with E-state index in [-0.39, 0.29) is 24.4 Å². The Morgan fingerprint density at radius 2 is 2.17 bits per heavy atom. The summed E-state index contributed by atoms with van der Waals surface area (Å²) in [6.45, 7) is 8.64. The van der Waals surface area contributed by atoms with Gasteiger partial charge in [-0.2, -0.15) is 0 Å². The maximum absolute atomic E-state index is 11.8. The fraction of sp³-hybridized carbons (Fsp3) is 0.833. The van der Waals surface area contributed by atoms with Crippen molar-refractivity contribution in [3.8, 4) is 0 Å². The van der Waals surface area contributed by atoms with Crippen LogP contribution in [0.1, 0.15) is 20.3 Å². The lowest BCUT2D eigenvalue weighted by Crippen LogP contribution is -2.58. The first-order chi connectivity index (χ1) is 8.67. The van der Waals surface area contributed by atoms with Gasteiger partial charge in [0.15, 0.2) is 0 Å². The van der Waals surface area contributed by atoms with E-state index >= 15 is 0 Å². The summed E-state index contributed by atoms with van der Waals surface area (Å²) in [4.78, 5) is 25.0. The standard InChI is InChI=1S/C12H24N4O2/c1-3-16(4-2)7-5-6-13-12(18)10-8-15-11(17)9-14-10/h10,14H,3-9H2,1-2H3,(H,13,18)(H,15,17). The zero-order valence-corrected chi connectivity index (χ0v) is 11.3. The number of hydrogen-bond donors (Lipinski definition) is 3. The molecule has 0 radical (unpaired) electrons. The molecule has 1 heterocycles. The molecule has 3 N–H and O–H groups in total. The molecule has 0 aromatic heterocycles. The molecule has 6 nitrogen and oxygen atoms in total. The second kappa shape index (κ2) is 8.05. The van der Waals surface area contributed by atoms with Gasteiger partial charge >= 0.3 is 0 Å². The van der Waals surface area contributed by atoms with Gasteiger partial charge in [0.1, 0.15) is 6.04 Å². The zero-order chi connectivity index (χ0) is 13.4. The summed E-state index contributed by atoms with van der Waals surface area (Å²) in [5, 5.41) is 8.47. The van der Waals surface area contributed by atoms with Crippen molar-refractivity contribution < 1.29 is 9.59 Å². The van der Waals surface area contributed by atoms with Crippen molar-refractivity contribution in [3.63, 3.8) is 0 Å². The minimum absolute atomic E-state index is 0.0328. The highest BCUT2D eigenvalue weighted by molar-refractivity contribution is 5.86. The summed E-state index contributed by atoms with van der Waals surface area (Å²) in [7, 11) is 0. The molecule has 1 aliphatic heterocycles. The molecule has 0 aromatic carbocycles. The van der Waals surface area contributed by atoms with Crippen LogP contribution in [0.3, 0.4) is 0 Å². The summed E-state index contributed by atoms with van der Waals surface area (Å²) in [6, 6.07) is -0.295. The summed E-state index contributed by atoms with van der Waals surface area (Å²) in [5.41, 5.74) is 0. The van der Waals surface area contributed by atoms with E-state index in [1.807, 2.05) is 0 Å². The monoisotopic (exact) mass is 256 g/mol. The Kier molecular flexibility index (Phi) is 6.67. The summed E-state index contributed by atoms with van der Waals surface area (Å²) in [6.07, 6.45) is 0.951. The van der Waals surface area contributed by atoms with Crippen molar-refractivity contribution in [1.82, 2.24) is 20.9 Å². The van der Waals surface area contributed by atoms with Crippen molar-refractivity contribution in [2.24, 2.45) is 0 Å². The second-order valence-corrected chi connectivity index (χ2v) is 4.41. The zero-order valence-electron chi connectivity index (χ0n) is 11.3. The number of nitrogens with zero attached hydrogens (tertiary/aromatic N) is 1. The molecule has 1 atom stereocenters. The van der Waals surface area contributed by atoms with Crippen LogP contribution in [0.4, 0.5) is 0 Å². The van der Waals surface area contributed by atoms with E-state index in [0.717, 1.165) is 26.1 Å². The summed E-state index contributed by atoms with van der Waals surface area (Å²) in [5.74, 6) is -0.0878. The van der Waals surface area contributed by atoms with Gasteiger partial charge in [0.05, 0.1) is 6.54 Å². The molecule has 0 bridgehead atoms. The molecule has 104 valence electrons. The highest BCUT2D eigenvalue weighted by atomic mass is 16.2. The molecule has 0 aromatic rings. The van der Waals surface area contributed by atoms with Crippen LogP contribution in [-0.4, -0.2) is 62.0 Å². The van der Waals surface area contributed by atoms with E-state index in [2.05, 4.69) is 34.7 Å². The first-order valence-electron chi connectivity index (χ1n) is 6.67. The van der Waals surface area contributed by atoms with E-state index < -0.39 is 0 Å². The van der Waals surface area contributed by atoms with Gasteiger partial charge in [0.25, 0.3) is 0 Å². The molecule has 6 heteroatoms. The molecule has 1 rings (SSSR count).